The summed E-state index contributed by atoms with van der Waals surface area (Å²) in [5.41, 5.74) is 2.61. The highest BCUT2D eigenvalue weighted by Gasteiger charge is 2.09. The third-order valence-corrected chi connectivity index (χ3v) is 3.77. The van der Waals surface area contributed by atoms with Gasteiger partial charge < -0.3 is 5.32 Å². The van der Waals surface area contributed by atoms with Crippen molar-refractivity contribution in [2.75, 3.05) is 5.32 Å². The first-order valence-corrected chi connectivity index (χ1v) is 8.04. The average molecular weight is 334 g/mol. The molecule has 1 N–H and O–H groups in total. The van der Waals surface area contributed by atoms with Crippen LogP contribution in [-0.4, -0.2) is 20.7 Å². The Morgan fingerprint density at radius 3 is 2.44 bits per heavy atom. The Hall–Kier alpha value is -3.28. The Balaban J connectivity index is 1.70. The maximum absolute atomic E-state index is 12.1. The van der Waals surface area contributed by atoms with Crippen LogP contribution >= 0.6 is 0 Å². The smallest absolute Gasteiger partial charge is 0.324 e. The van der Waals surface area contributed by atoms with E-state index in [0.717, 1.165) is 16.7 Å². The van der Waals surface area contributed by atoms with Crippen LogP contribution in [-0.2, 0) is 17.8 Å². The molecule has 126 valence electrons. The molecule has 3 rings (SSSR count). The molecule has 3 aromatic rings. The van der Waals surface area contributed by atoms with Gasteiger partial charge in [-0.25, -0.2) is 9.48 Å². The molecule has 25 heavy (non-hydrogen) atoms. The van der Waals surface area contributed by atoms with Gasteiger partial charge in [-0.3, -0.25) is 4.79 Å². The topological polar surface area (TPSA) is 76.9 Å². The lowest BCUT2D eigenvalue weighted by Crippen LogP contribution is -2.31. The van der Waals surface area contributed by atoms with Crippen molar-refractivity contribution in [1.82, 2.24) is 14.8 Å². The van der Waals surface area contributed by atoms with Gasteiger partial charge in [0.15, 0.2) is 0 Å². The number of nitrogens with one attached hydrogen (secondary N) is 1. The maximum Gasteiger partial charge on any atom is 0.365 e. The van der Waals surface area contributed by atoms with Gasteiger partial charge in [-0.2, -0.15) is 10.1 Å². The predicted molar refractivity (Wildman–Crippen MR) is 96.2 cm³/mol. The van der Waals surface area contributed by atoms with E-state index in [2.05, 4.69) is 22.3 Å². The molecule has 1 aromatic heterocycles. The highest BCUT2D eigenvalue weighted by Crippen LogP contribution is 2.13. The largest absolute Gasteiger partial charge is 0.365 e. The number of hydrogen-bond donors (Lipinski definition) is 1. The molecule has 0 spiro atoms. The first-order chi connectivity index (χ1) is 12.2. The van der Waals surface area contributed by atoms with E-state index < -0.39 is 5.69 Å². The SMILES string of the molecule is CCc1ccc(NC(=O)Cn2ncc(-c3ccccc3)nc2=O)cc1. The molecular weight excluding hydrogens is 316 g/mol. The molecule has 6 heteroatoms. The highest BCUT2D eigenvalue weighted by molar-refractivity contribution is 5.90. The molecule has 1 heterocycles. The standard InChI is InChI=1S/C19H18N4O2/c1-2-14-8-10-16(11-9-14)21-18(24)13-23-19(25)22-17(12-20-23)15-6-4-3-5-7-15/h3-12H,2,13H2,1H3,(H,21,24). The van der Waals surface area contributed by atoms with Gasteiger partial charge in [0.05, 0.1) is 11.9 Å². The van der Waals surface area contributed by atoms with Crippen molar-refractivity contribution >= 4 is 11.6 Å². The molecule has 1 amide bonds. The summed E-state index contributed by atoms with van der Waals surface area (Å²) in [6.45, 7) is 1.88. The van der Waals surface area contributed by atoms with Gasteiger partial charge in [0.2, 0.25) is 5.91 Å². The molecule has 0 saturated heterocycles. The van der Waals surface area contributed by atoms with Gasteiger partial charge in [0.1, 0.15) is 6.54 Å². The van der Waals surface area contributed by atoms with Crippen LogP contribution in [0.5, 0.6) is 0 Å². The summed E-state index contributed by atoms with van der Waals surface area (Å²) in [5.74, 6) is -0.326. The second-order valence-electron chi connectivity index (χ2n) is 5.55. The van der Waals surface area contributed by atoms with Crippen LogP contribution in [0.1, 0.15) is 12.5 Å². The van der Waals surface area contributed by atoms with Crippen molar-refractivity contribution in [2.45, 2.75) is 19.9 Å². The van der Waals surface area contributed by atoms with E-state index in [1.165, 1.54) is 11.8 Å². The van der Waals surface area contributed by atoms with E-state index in [1.807, 2.05) is 54.6 Å². The maximum atomic E-state index is 12.1. The molecule has 0 fully saturated rings. The molecule has 0 bridgehead atoms. The first-order valence-electron chi connectivity index (χ1n) is 8.04. The minimum absolute atomic E-state index is 0.184. The quantitative estimate of drug-likeness (QED) is 0.778. The van der Waals surface area contributed by atoms with Crippen molar-refractivity contribution in [1.29, 1.82) is 0 Å². The zero-order chi connectivity index (χ0) is 17.6. The molecular formula is C19H18N4O2. The lowest BCUT2D eigenvalue weighted by Gasteiger charge is -2.07. The van der Waals surface area contributed by atoms with Gasteiger partial charge in [0, 0.05) is 11.3 Å². The van der Waals surface area contributed by atoms with Gasteiger partial charge in [-0.15, -0.1) is 0 Å². The van der Waals surface area contributed by atoms with E-state index in [9.17, 15) is 9.59 Å². The Labute approximate surface area is 145 Å². The Kier molecular flexibility index (Phi) is 4.99. The molecule has 0 atom stereocenters. The predicted octanol–water partition coefficient (Wildman–Crippen LogP) is 2.51. The Bertz CT molecular complexity index is 918. The number of carbonyl (C=O) groups is 1. The van der Waals surface area contributed by atoms with E-state index in [4.69, 9.17) is 0 Å². The number of aromatic nitrogens is 3. The van der Waals surface area contributed by atoms with Gasteiger partial charge in [0.25, 0.3) is 0 Å². The van der Waals surface area contributed by atoms with Crippen molar-refractivity contribution in [3.05, 3.63) is 76.8 Å². The fourth-order valence-electron chi connectivity index (χ4n) is 2.38. The van der Waals surface area contributed by atoms with Crippen molar-refractivity contribution < 1.29 is 4.79 Å². The van der Waals surface area contributed by atoms with Crippen LogP contribution in [0.2, 0.25) is 0 Å². The summed E-state index contributed by atoms with van der Waals surface area (Å²) < 4.78 is 1.04. The fraction of sp³-hybridized carbons (Fsp3) is 0.158. The normalized spacial score (nSPS) is 10.4. The summed E-state index contributed by atoms with van der Waals surface area (Å²) in [5, 5.41) is 6.79. The van der Waals surface area contributed by atoms with E-state index >= 15 is 0 Å². The summed E-state index contributed by atoms with van der Waals surface area (Å²) in [7, 11) is 0. The Morgan fingerprint density at radius 2 is 1.80 bits per heavy atom. The summed E-state index contributed by atoms with van der Waals surface area (Å²) in [4.78, 5) is 28.2. The molecule has 2 aromatic carbocycles. The van der Waals surface area contributed by atoms with Crippen molar-refractivity contribution in [2.24, 2.45) is 0 Å². The van der Waals surface area contributed by atoms with E-state index in [-0.39, 0.29) is 12.5 Å². The van der Waals surface area contributed by atoms with Crippen LogP contribution in [0.3, 0.4) is 0 Å². The monoisotopic (exact) mass is 334 g/mol. The summed E-state index contributed by atoms with van der Waals surface area (Å²) >= 11 is 0. The molecule has 0 radical (unpaired) electrons. The molecule has 0 aliphatic heterocycles. The number of carbonyl (C=O) groups excluding carboxylic acids is 1. The average Bonchev–Trinajstić information content (AvgIpc) is 2.65. The second kappa shape index (κ2) is 7.53. The van der Waals surface area contributed by atoms with Crippen molar-refractivity contribution in [3.63, 3.8) is 0 Å². The van der Waals surface area contributed by atoms with Crippen LogP contribution in [0.25, 0.3) is 11.3 Å². The molecule has 0 aliphatic rings. The third kappa shape index (κ3) is 4.17. The number of hydrogen-bond acceptors (Lipinski definition) is 4. The van der Waals surface area contributed by atoms with Gasteiger partial charge in [-0.05, 0) is 24.1 Å². The van der Waals surface area contributed by atoms with Crippen LogP contribution in [0.4, 0.5) is 5.69 Å². The zero-order valence-corrected chi connectivity index (χ0v) is 13.8. The minimum atomic E-state index is -0.558. The van der Waals surface area contributed by atoms with E-state index in [1.54, 1.807) is 0 Å². The number of rotatable bonds is 5. The Morgan fingerprint density at radius 1 is 1.08 bits per heavy atom. The number of nitrogens with zero attached hydrogens (tertiary/aromatic N) is 3. The number of anilines is 1. The highest BCUT2D eigenvalue weighted by atomic mass is 16.2. The molecule has 0 aliphatic carbocycles. The lowest BCUT2D eigenvalue weighted by molar-refractivity contribution is -0.117. The van der Waals surface area contributed by atoms with E-state index in [0.29, 0.717) is 11.4 Å². The molecule has 6 nitrogen and oxygen atoms in total. The summed E-state index contributed by atoms with van der Waals surface area (Å²) in [6, 6.07) is 16.9. The third-order valence-electron chi connectivity index (χ3n) is 3.77. The number of amides is 1. The summed E-state index contributed by atoms with van der Waals surface area (Å²) in [6.07, 6.45) is 2.42. The number of aryl methyl sites for hydroxylation is 1. The second-order valence-corrected chi connectivity index (χ2v) is 5.55. The van der Waals surface area contributed by atoms with Crippen molar-refractivity contribution in [3.8, 4) is 11.3 Å². The molecule has 0 unspecified atom stereocenters. The molecule has 0 saturated carbocycles. The fourth-order valence-corrected chi connectivity index (χ4v) is 2.38. The van der Waals surface area contributed by atoms with Crippen LogP contribution in [0.15, 0.2) is 65.6 Å². The first kappa shape index (κ1) is 16.6. The van der Waals surface area contributed by atoms with Gasteiger partial charge in [-0.1, -0.05) is 49.4 Å². The van der Waals surface area contributed by atoms with Crippen LogP contribution < -0.4 is 11.0 Å². The van der Waals surface area contributed by atoms with Crippen LogP contribution in [0, 0.1) is 0 Å². The van der Waals surface area contributed by atoms with Gasteiger partial charge >= 0.3 is 5.69 Å². The number of benzene rings is 2. The minimum Gasteiger partial charge on any atom is -0.324 e. The lowest BCUT2D eigenvalue weighted by atomic mass is 10.1. The zero-order valence-electron chi connectivity index (χ0n) is 13.8.